The van der Waals surface area contributed by atoms with Crippen molar-refractivity contribution in [1.29, 1.82) is 0 Å². The van der Waals surface area contributed by atoms with E-state index in [4.69, 9.17) is 15.6 Å². The highest BCUT2D eigenvalue weighted by molar-refractivity contribution is 5.98. The van der Waals surface area contributed by atoms with E-state index in [-0.39, 0.29) is 11.9 Å². The summed E-state index contributed by atoms with van der Waals surface area (Å²) in [6, 6.07) is 7.68. The molecule has 0 bridgehead atoms. The molecule has 31 heavy (non-hydrogen) atoms. The summed E-state index contributed by atoms with van der Waals surface area (Å²) in [6.07, 6.45) is 5.78. The van der Waals surface area contributed by atoms with Crippen LogP contribution in [-0.4, -0.2) is 76.3 Å². The van der Waals surface area contributed by atoms with Gasteiger partial charge in [0, 0.05) is 31.3 Å². The van der Waals surface area contributed by atoms with E-state index in [0.29, 0.717) is 35.6 Å². The van der Waals surface area contributed by atoms with Crippen molar-refractivity contribution in [3.8, 4) is 17.0 Å². The van der Waals surface area contributed by atoms with Crippen LogP contribution in [0.1, 0.15) is 12.5 Å². The molecule has 1 amide bonds. The Morgan fingerprint density at radius 2 is 2.19 bits per heavy atom. The Bertz CT molecular complexity index is 1120. The number of likely N-dealkylation sites (tertiary alicyclic amines) is 1. The number of ether oxygens (including phenoxy) is 1. The number of rotatable bonds is 6. The monoisotopic (exact) mass is 421 g/mol. The van der Waals surface area contributed by atoms with Crippen LogP contribution in [-0.2, 0) is 4.79 Å². The first-order valence-electron chi connectivity index (χ1n) is 10.2. The van der Waals surface area contributed by atoms with E-state index in [9.17, 15) is 4.79 Å². The molecule has 1 aliphatic heterocycles. The SMILES string of the molecule is COc1cccc(-c2nn([C@@H]3CCN(C(=O)C=CCN(C)C)C3)c3ncnc(N)c23)c1. The second kappa shape index (κ2) is 8.73. The maximum Gasteiger partial charge on any atom is 0.246 e. The topological polar surface area (TPSA) is 102 Å². The van der Waals surface area contributed by atoms with Crippen LogP contribution >= 0.6 is 0 Å². The van der Waals surface area contributed by atoms with Gasteiger partial charge in [-0.1, -0.05) is 18.2 Å². The lowest BCUT2D eigenvalue weighted by Crippen LogP contribution is -2.28. The third-order valence-electron chi connectivity index (χ3n) is 5.41. The summed E-state index contributed by atoms with van der Waals surface area (Å²) in [4.78, 5) is 25.0. The summed E-state index contributed by atoms with van der Waals surface area (Å²) in [5.74, 6) is 1.13. The molecule has 162 valence electrons. The van der Waals surface area contributed by atoms with Crippen molar-refractivity contribution >= 4 is 22.8 Å². The number of nitrogens with zero attached hydrogens (tertiary/aromatic N) is 6. The third-order valence-corrected chi connectivity index (χ3v) is 5.41. The van der Waals surface area contributed by atoms with Crippen LogP contribution in [0.5, 0.6) is 5.75 Å². The molecule has 9 nitrogen and oxygen atoms in total. The van der Waals surface area contributed by atoms with Crippen LogP contribution in [0.2, 0.25) is 0 Å². The number of carbonyl (C=O) groups is 1. The molecule has 1 aliphatic rings. The maximum absolute atomic E-state index is 12.6. The first kappa shape index (κ1) is 20.8. The van der Waals surface area contributed by atoms with Crippen molar-refractivity contribution in [3.05, 3.63) is 42.7 Å². The molecular weight excluding hydrogens is 394 g/mol. The lowest BCUT2D eigenvalue weighted by atomic mass is 10.1. The van der Waals surface area contributed by atoms with E-state index in [0.717, 1.165) is 24.3 Å². The average Bonchev–Trinajstić information content (AvgIpc) is 3.39. The van der Waals surface area contributed by atoms with E-state index in [1.807, 2.05) is 58.9 Å². The Balaban J connectivity index is 1.65. The van der Waals surface area contributed by atoms with Crippen molar-refractivity contribution < 1.29 is 9.53 Å². The second-order valence-corrected chi connectivity index (χ2v) is 7.87. The van der Waals surface area contributed by atoms with Crippen molar-refractivity contribution in [2.75, 3.05) is 46.6 Å². The molecule has 3 aromatic rings. The van der Waals surface area contributed by atoms with E-state index >= 15 is 0 Å². The van der Waals surface area contributed by atoms with Gasteiger partial charge in [-0.15, -0.1) is 0 Å². The number of benzene rings is 1. The quantitative estimate of drug-likeness (QED) is 0.607. The van der Waals surface area contributed by atoms with Gasteiger partial charge in [0.05, 0.1) is 18.5 Å². The number of hydrogen-bond acceptors (Lipinski definition) is 7. The first-order valence-corrected chi connectivity index (χ1v) is 10.2. The van der Waals surface area contributed by atoms with Crippen molar-refractivity contribution in [2.45, 2.75) is 12.5 Å². The number of methoxy groups -OCH3 is 1. The molecule has 0 radical (unpaired) electrons. The van der Waals surface area contributed by atoms with E-state index in [1.165, 1.54) is 6.33 Å². The van der Waals surface area contributed by atoms with Crippen LogP contribution in [0, 0.1) is 0 Å². The number of likely N-dealkylation sites (N-methyl/N-ethyl adjacent to an activating group) is 1. The predicted molar refractivity (Wildman–Crippen MR) is 120 cm³/mol. The number of nitrogens with two attached hydrogens (primary N) is 1. The Morgan fingerprint density at radius 3 is 2.97 bits per heavy atom. The number of nitrogen functional groups attached to an aromatic ring is 1. The minimum Gasteiger partial charge on any atom is -0.497 e. The van der Waals surface area contributed by atoms with Gasteiger partial charge in [0.25, 0.3) is 0 Å². The number of fused-ring (bicyclic) bond motifs is 1. The van der Waals surface area contributed by atoms with Gasteiger partial charge < -0.3 is 20.3 Å². The van der Waals surface area contributed by atoms with E-state index in [2.05, 4.69) is 9.97 Å². The third kappa shape index (κ3) is 4.22. The fraction of sp³-hybridized carbons (Fsp3) is 0.364. The molecular formula is C22H27N7O2. The van der Waals surface area contributed by atoms with Crippen LogP contribution in [0.4, 0.5) is 5.82 Å². The van der Waals surface area contributed by atoms with Gasteiger partial charge in [-0.05, 0) is 32.6 Å². The minimum atomic E-state index is 0.0161. The average molecular weight is 422 g/mol. The summed E-state index contributed by atoms with van der Waals surface area (Å²) >= 11 is 0. The van der Waals surface area contributed by atoms with E-state index in [1.54, 1.807) is 13.2 Å². The summed E-state index contributed by atoms with van der Waals surface area (Å²) in [5.41, 5.74) is 8.48. The number of anilines is 1. The molecule has 0 saturated carbocycles. The van der Waals surface area contributed by atoms with Crippen molar-refractivity contribution in [3.63, 3.8) is 0 Å². The summed E-state index contributed by atoms with van der Waals surface area (Å²) in [7, 11) is 5.57. The van der Waals surface area contributed by atoms with Gasteiger partial charge in [0.15, 0.2) is 5.65 Å². The zero-order valence-corrected chi connectivity index (χ0v) is 18.0. The predicted octanol–water partition coefficient (Wildman–Crippen LogP) is 1.98. The Hall–Kier alpha value is -3.46. The molecule has 1 fully saturated rings. The highest BCUT2D eigenvalue weighted by Gasteiger charge is 2.30. The second-order valence-electron chi connectivity index (χ2n) is 7.87. The van der Waals surface area contributed by atoms with E-state index < -0.39 is 0 Å². The van der Waals surface area contributed by atoms with Gasteiger partial charge >= 0.3 is 0 Å². The summed E-state index contributed by atoms with van der Waals surface area (Å²) in [5, 5.41) is 5.59. The van der Waals surface area contributed by atoms with Gasteiger partial charge in [-0.2, -0.15) is 5.10 Å². The Labute approximate surface area is 181 Å². The minimum absolute atomic E-state index is 0.0161. The molecule has 0 unspecified atom stereocenters. The largest absolute Gasteiger partial charge is 0.497 e. The van der Waals surface area contributed by atoms with Gasteiger partial charge in [0.2, 0.25) is 5.91 Å². The molecule has 0 aliphatic carbocycles. The number of amides is 1. The number of aromatic nitrogens is 4. The maximum atomic E-state index is 12.6. The highest BCUT2D eigenvalue weighted by Crippen LogP contribution is 2.34. The fourth-order valence-corrected chi connectivity index (χ4v) is 3.83. The molecule has 1 atom stereocenters. The first-order chi connectivity index (χ1) is 15.0. The molecule has 4 rings (SSSR count). The van der Waals surface area contributed by atoms with Crippen LogP contribution in [0.15, 0.2) is 42.7 Å². The Morgan fingerprint density at radius 1 is 1.35 bits per heavy atom. The molecule has 1 aromatic carbocycles. The molecule has 2 N–H and O–H groups in total. The highest BCUT2D eigenvalue weighted by atomic mass is 16.5. The zero-order chi connectivity index (χ0) is 22.0. The van der Waals surface area contributed by atoms with Gasteiger partial charge in [0.1, 0.15) is 23.6 Å². The molecule has 3 heterocycles. The van der Waals surface area contributed by atoms with Crippen LogP contribution in [0.3, 0.4) is 0 Å². The van der Waals surface area contributed by atoms with Gasteiger partial charge in [-0.3, -0.25) is 4.79 Å². The zero-order valence-electron chi connectivity index (χ0n) is 18.0. The molecule has 9 heteroatoms. The normalized spacial score (nSPS) is 16.6. The summed E-state index contributed by atoms with van der Waals surface area (Å²) < 4.78 is 7.25. The Kier molecular flexibility index (Phi) is 5.85. The standard InChI is InChI=1S/C22H27N7O2/c1-27(2)10-5-8-18(30)28-11-9-16(13-28)29-22-19(21(23)24-14-25-22)20(26-29)15-6-4-7-17(12-15)31-3/h4-8,12,14,16H,9-11,13H2,1-3H3,(H2,23,24,25)/t16-/m1/s1. The van der Waals surface area contributed by atoms with Crippen molar-refractivity contribution in [2.24, 2.45) is 0 Å². The molecule has 2 aromatic heterocycles. The van der Waals surface area contributed by atoms with Gasteiger partial charge in [-0.25, -0.2) is 14.6 Å². The smallest absolute Gasteiger partial charge is 0.246 e. The molecule has 1 saturated heterocycles. The molecule has 0 spiro atoms. The lowest BCUT2D eigenvalue weighted by Gasteiger charge is -2.15. The van der Waals surface area contributed by atoms with Crippen LogP contribution < -0.4 is 10.5 Å². The fourth-order valence-electron chi connectivity index (χ4n) is 3.83. The van der Waals surface area contributed by atoms with Crippen LogP contribution in [0.25, 0.3) is 22.3 Å². The summed E-state index contributed by atoms with van der Waals surface area (Å²) in [6.45, 7) is 1.97. The number of hydrogen-bond donors (Lipinski definition) is 1. The number of carbonyl (C=O) groups excluding carboxylic acids is 1. The van der Waals surface area contributed by atoms with Crippen molar-refractivity contribution in [1.82, 2.24) is 29.5 Å². The lowest BCUT2D eigenvalue weighted by molar-refractivity contribution is -0.125.